The Balaban J connectivity index is 1.27. The highest BCUT2D eigenvalue weighted by atomic mass is 16.6. The molecule has 3 aliphatic heterocycles. The molecule has 0 radical (unpaired) electrons. The number of rotatable bonds is 11. The van der Waals surface area contributed by atoms with Gasteiger partial charge in [-0.05, 0) is 101 Å². The van der Waals surface area contributed by atoms with Crippen LogP contribution in [0.2, 0.25) is 0 Å². The van der Waals surface area contributed by atoms with Crippen LogP contribution in [0.3, 0.4) is 0 Å². The van der Waals surface area contributed by atoms with Gasteiger partial charge in [-0.25, -0.2) is 9.59 Å². The standard InChI is InChI=1S/C36H45N3O5/c1-36(2,3)44-35(41)38-19-16-25-9-7-13-29(23-25)42-22-8-12-28-14-15-30(26-10-5-4-6-11-26)33(43-34(37)40)32(28)31-24-39-20-17-27(31)18-21-39/h4-7,9-11,13-15,23,27,31H,8,12,16-22,24H2,1-3H3,(H2,37,40)(H,38,41)/t31-/m1/s1. The molecule has 0 saturated carbocycles. The maximum atomic E-state index is 12.2. The summed E-state index contributed by atoms with van der Waals surface area (Å²) in [6, 6.07) is 22.3. The number of benzene rings is 3. The van der Waals surface area contributed by atoms with Gasteiger partial charge in [0.15, 0.2) is 0 Å². The Labute approximate surface area is 260 Å². The van der Waals surface area contributed by atoms with Crippen LogP contribution >= 0.6 is 0 Å². The van der Waals surface area contributed by atoms with Gasteiger partial charge < -0.3 is 30.2 Å². The minimum atomic E-state index is -0.786. The molecule has 6 rings (SSSR count). The average Bonchev–Trinajstić information content (AvgIpc) is 2.99. The fraction of sp³-hybridized carbons (Fsp3) is 0.444. The van der Waals surface area contributed by atoms with Crippen LogP contribution in [-0.2, 0) is 17.6 Å². The second-order valence-corrected chi connectivity index (χ2v) is 12.8. The molecule has 3 heterocycles. The molecule has 3 saturated heterocycles. The largest absolute Gasteiger partial charge is 0.494 e. The lowest BCUT2D eigenvalue weighted by Crippen LogP contribution is -2.46. The topological polar surface area (TPSA) is 103 Å². The van der Waals surface area contributed by atoms with Gasteiger partial charge >= 0.3 is 12.2 Å². The van der Waals surface area contributed by atoms with Gasteiger partial charge in [0.2, 0.25) is 0 Å². The summed E-state index contributed by atoms with van der Waals surface area (Å²) in [5, 5.41) is 2.81. The molecule has 44 heavy (non-hydrogen) atoms. The van der Waals surface area contributed by atoms with E-state index in [0.29, 0.717) is 31.2 Å². The molecule has 0 unspecified atom stereocenters. The zero-order valence-electron chi connectivity index (χ0n) is 26.1. The lowest BCUT2D eigenvalue weighted by molar-refractivity contribution is 0.0528. The number of alkyl carbamates (subject to hydrolysis) is 1. The van der Waals surface area contributed by atoms with Crippen LogP contribution < -0.4 is 20.5 Å². The van der Waals surface area contributed by atoms with Crippen LogP contribution in [0.1, 0.15) is 62.6 Å². The molecule has 234 valence electrons. The summed E-state index contributed by atoms with van der Waals surface area (Å²) in [4.78, 5) is 26.7. The summed E-state index contributed by atoms with van der Waals surface area (Å²) in [6.45, 7) is 9.80. The molecule has 8 heteroatoms. The van der Waals surface area contributed by atoms with E-state index in [4.69, 9.17) is 19.9 Å². The van der Waals surface area contributed by atoms with Crippen molar-refractivity contribution in [3.8, 4) is 22.6 Å². The monoisotopic (exact) mass is 599 g/mol. The minimum Gasteiger partial charge on any atom is -0.494 e. The zero-order valence-corrected chi connectivity index (χ0v) is 26.1. The molecule has 3 N–H and O–H groups in total. The number of fused-ring (bicyclic) bond motifs is 3. The highest BCUT2D eigenvalue weighted by Gasteiger charge is 2.38. The quantitative estimate of drug-likeness (QED) is 0.238. The van der Waals surface area contributed by atoms with E-state index in [1.54, 1.807) is 0 Å². The van der Waals surface area contributed by atoms with Gasteiger partial charge in [0.1, 0.15) is 17.1 Å². The van der Waals surface area contributed by atoms with Crippen molar-refractivity contribution in [1.29, 1.82) is 0 Å². The fourth-order valence-corrected chi connectivity index (χ4v) is 6.48. The van der Waals surface area contributed by atoms with Crippen molar-refractivity contribution in [2.75, 3.05) is 32.8 Å². The van der Waals surface area contributed by atoms with Crippen LogP contribution in [0.15, 0.2) is 66.7 Å². The third-order valence-corrected chi connectivity index (χ3v) is 8.44. The van der Waals surface area contributed by atoms with E-state index in [9.17, 15) is 9.59 Å². The number of nitrogens with two attached hydrogens (primary N) is 1. The van der Waals surface area contributed by atoms with Gasteiger partial charge in [0.05, 0.1) is 6.61 Å². The molecule has 3 fully saturated rings. The molecule has 2 bridgehead atoms. The molecule has 0 aliphatic carbocycles. The third-order valence-electron chi connectivity index (χ3n) is 8.44. The number of hydrogen-bond acceptors (Lipinski definition) is 6. The van der Waals surface area contributed by atoms with Crippen LogP contribution in [0.5, 0.6) is 11.5 Å². The van der Waals surface area contributed by atoms with Crippen molar-refractivity contribution in [3.05, 3.63) is 83.4 Å². The van der Waals surface area contributed by atoms with Crippen molar-refractivity contribution in [3.63, 3.8) is 0 Å². The van der Waals surface area contributed by atoms with E-state index in [1.165, 1.54) is 5.56 Å². The first-order valence-corrected chi connectivity index (χ1v) is 15.8. The molecule has 3 aromatic rings. The van der Waals surface area contributed by atoms with Gasteiger partial charge in [0.25, 0.3) is 0 Å². The molecular formula is C36H45N3O5. The normalized spacial score (nSPS) is 19.3. The number of hydrogen-bond donors (Lipinski definition) is 2. The Kier molecular flexibility index (Phi) is 10.1. The molecule has 3 aromatic carbocycles. The predicted molar refractivity (Wildman–Crippen MR) is 172 cm³/mol. The molecule has 2 amide bonds. The summed E-state index contributed by atoms with van der Waals surface area (Å²) >= 11 is 0. The van der Waals surface area contributed by atoms with Crippen molar-refractivity contribution in [1.82, 2.24) is 10.2 Å². The van der Waals surface area contributed by atoms with Gasteiger partial charge in [-0.15, -0.1) is 0 Å². The number of amides is 2. The van der Waals surface area contributed by atoms with E-state index in [-0.39, 0.29) is 5.92 Å². The summed E-state index contributed by atoms with van der Waals surface area (Å²) in [5.41, 5.74) is 10.4. The highest BCUT2D eigenvalue weighted by molar-refractivity contribution is 5.79. The molecule has 0 aromatic heterocycles. The Morgan fingerprint density at radius 2 is 1.75 bits per heavy atom. The van der Waals surface area contributed by atoms with Gasteiger partial charge in [0, 0.05) is 30.1 Å². The first-order valence-electron chi connectivity index (χ1n) is 15.8. The number of primary amides is 1. The zero-order chi connectivity index (χ0) is 31.1. The smallest absolute Gasteiger partial charge is 0.409 e. The Morgan fingerprint density at radius 3 is 2.43 bits per heavy atom. The molecule has 3 aliphatic rings. The second kappa shape index (κ2) is 14.2. The molecule has 8 nitrogen and oxygen atoms in total. The Bertz CT molecular complexity index is 1430. The predicted octanol–water partition coefficient (Wildman–Crippen LogP) is 6.70. The molecule has 1 atom stereocenters. The first kappa shape index (κ1) is 31.4. The summed E-state index contributed by atoms with van der Waals surface area (Å²) in [7, 11) is 0. The number of piperidine rings is 3. The maximum Gasteiger partial charge on any atom is 0.409 e. The van der Waals surface area contributed by atoms with E-state index in [2.05, 4.69) is 22.3 Å². The number of ether oxygens (including phenoxy) is 3. The van der Waals surface area contributed by atoms with Crippen molar-refractivity contribution in [2.45, 2.75) is 64.4 Å². The van der Waals surface area contributed by atoms with E-state index in [0.717, 1.165) is 73.3 Å². The van der Waals surface area contributed by atoms with E-state index in [1.807, 2.05) is 75.4 Å². The van der Waals surface area contributed by atoms with Crippen LogP contribution in [0, 0.1) is 5.92 Å². The third kappa shape index (κ3) is 8.32. The van der Waals surface area contributed by atoms with Gasteiger partial charge in [-0.2, -0.15) is 0 Å². The highest BCUT2D eigenvalue weighted by Crippen LogP contribution is 2.47. The van der Waals surface area contributed by atoms with Crippen molar-refractivity contribution < 1.29 is 23.8 Å². The van der Waals surface area contributed by atoms with Crippen molar-refractivity contribution in [2.24, 2.45) is 11.7 Å². The second-order valence-electron chi connectivity index (χ2n) is 12.8. The molecule has 0 spiro atoms. The number of carbonyl (C=O) groups is 2. The number of carbonyl (C=O) groups excluding carboxylic acids is 2. The van der Waals surface area contributed by atoms with Crippen LogP contribution in [-0.4, -0.2) is 55.5 Å². The van der Waals surface area contributed by atoms with Crippen LogP contribution in [0.25, 0.3) is 11.1 Å². The minimum absolute atomic E-state index is 0.289. The van der Waals surface area contributed by atoms with Gasteiger partial charge in [-0.3, -0.25) is 0 Å². The first-order chi connectivity index (χ1) is 21.2. The van der Waals surface area contributed by atoms with E-state index < -0.39 is 17.8 Å². The Morgan fingerprint density at radius 1 is 0.977 bits per heavy atom. The number of nitrogens with one attached hydrogen (secondary N) is 1. The maximum absolute atomic E-state index is 12.2. The lowest BCUT2D eigenvalue weighted by Gasteiger charge is -2.46. The van der Waals surface area contributed by atoms with Crippen LogP contribution in [0.4, 0.5) is 9.59 Å². The fourth-order valence-electron chi connectivity index (χ4n) is 6.48. The molecular weight excluding hydrogens is 554 g/mol. The SMILES string of the molecule is CC(C)(C)OC(=O)NCCc1cccc(OCCCc2ccc(-c3ccccc3)c(OC(N)=O)c2[C@@H]2CN3CCC2CC3)c1. The summed E-state index contributed by atoms with van der Waals surface area (Å²) in [6.07, 6.45) is 3.39. The number of nitrogens with zero attached hydrogens (tertiary/aromatic N) is 1. The summed E-state index contributed by atoms with van der Waals surface area (Å²) in [5.74, 6) is 2.25. The average molecular weight is 600 g/mol. The summed E-state index contributed by atoms with van der Waals surface area (Å²) < 4.78 is 17.3. The number of aryl methyl sites for hydroxylation is 1. The van der Waals surface area contributed by atoms with Gasteiger partial charge in [-0.1, -0.05) is 54.6 Å². The lowest BCUT2D eigenvalue weighted by atomic mass is 9.73. The van der Waals surface area contributed by atoms with Crippen molar-refractivity contribution >= 4 is 12.2 Å². The van der Waals surface area contributed by atoms with E-state index >= 15 is 0 Å². The Hall–Kier alpha value is -4.04.